The van der Waals surface area contributed by atoms with E-state index in [0.29, 0.717) is 37.7 Å². The number of carboxylic acid groups (broad SMARTS) is 1. The van der Waals surface area contributed by atoms with E-state index in [9.17, 15) is 14.4 Å². The average Bonchev–Trinajstić information content (AvgIpc) is 2.78. The van der Waals surface area contributed by atoms with E-state index >= 15 is 0 Å². The van der Waals surface area contributed by atoms with Gasteiger partial charge in [-0.25, -0.2) is 4.79 Å². The molecule has 1 aliphatic rings. The van der Waals surface area contributed by atoms with E-state index < -0.39 is 12.1 Å². The fourth-order valence-corrected chi connectivity index (χ4v) is 1.47. The Morgan fingerprint density at radius 3 is 2.25 bits per heavy atom. The van der Waals surface area contributed by atoms with Gasteiger partial charge in [-0.3, -0.25) is 14.9 Å². The van der Waals surface area contributed by atoms with E-state index in [0.717, 1.165) is 0 Å². The third-order valence-corrected chi connectivity index (χ3v) is 2.56. The molecule has 1 aliphatic heterocycles. The van der Waals surface area contributed by atoms with E-state index in [2.05, 4.69) is 11.9 Å². The number of aliphatic hydroxyl groups is 1. The first kappa shape index (κ1) is 18.0. The Balaban J connectivity index is 0.000000428. The number of hydrogen-bond donors (Lipinski definition) is 3. The SMILES string of the molecule is C=C[C@@H](O)CC/C(=C\CC)C(=O)O.O=C1CCC(=O)N1. The molecular formula is C14H21NO5. The average molecular weight is 283 g/mol. The molecule has 0 aliphatic carbocycles. The minimum absolute atomic E-state index is 0.148. The number of amides is 2. The zero-order chi connectivity index (χ0) is 15.5. The van der Waals surface area contributed by atoms with E-state index in [4.69, 9.17) is 10.2 Å². The summed E-state index contributed by atoms with van der Waals surface area (Å²) in [6.45, 7) is 5.29. The van der Waals surface area contributed by atoms with Crippen LogP contribution in [0.3, 0.4) is 0 Å². The molecule has 112 valence electrons. The smallest absolute Gasteiger partial charge is 0.331 e. The van der Waals surface area contributed by atoms with Crippen LogP contribution in [0.1, 0.15) is 39.0 Å². The van der Waals surface area contributed by atoms with Crippen LogP contribution in [-0.4, -0.2) is 34.1 Å². The van der Waals surface area contributed by atoms with Gasteiger partial charge in [0.25, 0.3) is 0 Å². The second kappa shape index (κ2) is 9.91. The number of aliphatic carboxylic acids is 1. The van der Waals surface area contributed by atoms with Gasteiger partial charge in [0, 0.05) is 18.4 Å². The van der Waals surface area contributed by atoms with Crippen molar-refractivity contribution in [3.8, 4) is 0 Å². The Bertz CT molecular complexity index is 386. The summed E-state index contributed by atoms with van der Waals surface area (Å²) in [5.41, 5.74) is 0.364. The molecule has 0 radical (unpaired) electrons. The summed E-state index contributed by atoms with van der Waals surface area (Å²) in [6.07, 6.45) is 4.71. The lowest BCUT2D eigenvalue weighted by molar-refractivity contribution is -0.133. The first-order chi connectivity index (χ1) is 9.40. The number of aliphatic hydroxyl groups excluding tert-OH is 1. The molecule has 0 aromatic carbocycles. The largest absolute Gasteiger partial charge is 0.478 e. The molecule has 0 spiro atoms. The molecule has 0 unspecified atom stereocenters. The van der Waals surface area contributed by atoms with Gasteiger partial charge in [-0.1, -0.05) is 19.1 Å². The van der Waals surface area contributed by atoms with Crippen molar-refractivity contribution in [2.75, 3.05) is 0 Å². The van der Waals surface area contributed by atoms with Crippen LogP contribution < -0.4 is 5.32 Å². The minimum Gasteiger partial charge on any atom is -0.478 e. The van der Waals surface area contributed by atoms with Crippen LogP contribution in [-0.2, 0) is 14.4 Å². The van der Waals surface area contributed by atoms with Crippen molar-refractivity contribution in [3.05, 3.63) is 24.3 Å². The fraction of sp³-hybridized carbons (Fsp3) is 0.500. The van der Waals surface area contributed by atoms with Gasteiger partial charge in [-0.2, -0.15) is 0 Å². The quantitative estimate of drug-likeness (QED) is 0.385. The summed E-state index contributed by atoms with van der Waals surface area (Å²) in [5, 5.41) is 20.0. The second-order valence-corrected chi connectivity index (χ2v) is 4.26. The van der Waals surface area contributed by atoms with Gasteiger partial charge in [-0.15, -0.1) is 6.58 Å². The van der Waals surface area contributed by atoms with Crippen molar-refractivity contribution in [3.63, 3.8) is 0 Å². The Hall–Kier alpha value is -1.95. The van der Waals surface area contributed by atoms with Crippen LogP contribution >= 0.6 is 0 Å². The fourth-order valence-electron chi connectivity index (χ4n) is 1.47. The zero-order valence-corrected chi connectivity index (χ0v) is 11.6. The standard InChI is InChI=1S/C10H16O3.C4H5NO2/c1-3-5-8(10(12)13)6-7-9(11)4-2;6-3-1-2-4(7)5-3/h4-5,9,11H,2-3,6-7H2,1H3,(H,12,13);1-2H2,(H,5,6,7)/b8-5+;/t9-;/m1./s1. The maximum atomic E-state index is 10.6. The van der Waals surface area contributed by atoms with Crippen molar-refractivity contribution >= 4 is 17.8 Å². The van der Waals surface area contributed by atoms with Gasteiger partial charge < -0.3 is 10.2 Å². The van der Waals surface area contributed by atoms with Gasteiger partial charge in [-0.05, 0) is 19.3 Å². The highest BCUT2D eigenvalue weighted by atomic mass is 16.4. The van der Waals surface area contributed by atoms with Gasteiger partial charge in [0.2, 0.25) is 11.8 Å². The molecule has 0 saturated carbocycles. The van der Waals surface area contributed by atoms with Crippen LogP contribution in [0.5, 0.6) is 0 Å². The molecule has 1 atom stereocenters. The van der Waals surface area contributed by atoms with Crippen molar-refractivity contribution in [2.24, 2.45) is 0 Å². The van der Waals surface area contributed by atoms with E-state index in [1.165, 1.54) is 6.08 Å². The van der Waals surface area contributed by atoms with Crippen LogP contribution in [0.4, 0.5) is 0 Å². The zero-order valence-electron chi connectivity index (χ0n) is 11.6. The normalized spacial score (nSPS) is 16.0. The van der Waals surface area contributed by atoms with Gasteiger partial charge in [0.15, 0.2) is 0 Å². The lowest BCUT2D eigenvalue weighted by atomic mass is 10.1. The Kier molecular flexibility index (Phi) is 8.95. The number of rotatable bonds is 6. The Labute approximate surface area is 118 Å². The number of carboxylic acids is 1. The molecule has 6 heteroatoms. The second-order valence-electron chi connectivity index (χ2n) is 4.26. The number of carbonyl (C=O) groups excluding carboxylic acids is 2. The van der Waals surface area contributed by atoms with Crippen molar-refractivity contribution in [1.82, 2.24) is 5.32 Å². The molecule has 1 heterocycles. The highest BCUT2D eigenvalue weighted by Crippen LogP contribution is 2.09. The first-order valence-electron chi connectivity index (χ1n) is 6.46. The molecule has 0 aromatic heterocycles. The number of carbonyl (C=O) groups is 3. The Morgan fingerprint density at radius 2 is 1.95 bits per heavy atom. The van der Waals surface area contributed by atoms with Gasteiger partial charge in [0.1, 0.15) is 0 Å². The summed E-state index contributed by atoms with van der Waals surface area (Å²) in [5.74, 6) is -1.20. The van der Waals surface area contributed by atoms with E-state index in [1.54, 1.807) is 6.08 Å². The number of allylic oxidation sites excluding steroid dienone is 1. The highest BCUT2D eigenvalue weighted by Gasteiger charge is 2.15. The number of nitrogens with one attached hydrogen (secondary N) is 1. The maximum absolute atomic E-state index is 10.6. The summed E-state index contributed by atoms with van der Waals surface area (Å²) in [7, 11) is 0. The summed E-state index contributed by atoms with van der Waals surface area (Å²) >= 11 is 0. The summed E-state index contributed by atoms with van der Waals surface area (Å²) in [6, 6.07) is 0. The third kappa shape index (κ3) is 8.20. The number of imide groups is 1. The van der Waals surface area contributed by atoms with Gasteiger partial charge >= 0.3 is 5.97 Å². The molecule has 6 nitrogen and oxygen atoms in total. The van der Waals surface area contributed by atoms with Crippen LogP contribution in [0, 0.1) is 0 Å². The lowest BCUT2D eigenvalue weighted by Gasteiger charge is -2.05. The first-order valence-corrected chi connectivity index (χ1v) is 6.46. The van der Waals surface area contributed by atoms with Crippen LogP contribution in [0.15, 0.2) is 24.3 Å². The maximum Gasteiger partial charge on any atom is 0.331 e. The molecular weight excluding hydrogens is 262 g/mol. The lowest BCUT2D eigenvalue weighted by Crippen LogP contribution is -2.18. The topological polar surface area (TPSA) is 104 Å². The number of hydrogen-bond acceptors (Lipinski definition) is 4. The molecule has 0 aromatic rings. The van der Waals surface area contributed by atoms with E-state index in [1.807, 2.05) is 6.92 Å². The van der Waals surface area contributed by atoms with Crippen LogP contribution in [0.25, 0.3) is 0 Å². The van der Waals surface area contributed by atoms with Crippen molar-refractivity contribution < 1.29 is 24.6 Å². The predicted octanol–water partition coefficient (Wildman–Crippen LogP) is 1.16. The molecule has 20 heavy (non-hydrogen) atoms. The third-order valence-electron chi connectivity index (χ3n) is 2.56. The molecule has 1 rings (SSSR count). The summed E-state index contributed by atoms with van der Waals surface area (Å²) in [4.78, 5) is 30.9. The summed E-state index contributed by atoms with van der Waals surface area (Å²) < 4.78 is 0. The van der Waals surface area contributed by atoms with Crippen molar-refractivity contribution in [1.29, 1.82) is 0 Å². The molecule has 2 amide bonds. The predicted molar refractivity (Wildman–Crippen MR) is 73.8 cm³/mol. The molecule has 3 N–H and O–H groups in total. The highest BCUT2D eigenvalue weighted by molar-refractivity contribution is 6.01. The van der Waals surface area contributed by atoms with E-state index in [-0.39, 0.29) is 11.8 Å². The molecule has 1 saturated heterocycles. The minimum atomic E-state index is -0.905. The molecule has 0 bridgehead atoms. The van der Waals surface area contributed by atoms with Crippen LogP contribution in [0.2, 0.25) is 0 Å². The monoisotopic (exact) mass is 283 g/mol. The van der Waals surface area contributed by atoms with Gasteiger partial charge in [0.05, 0.1) is 6.10 Å². The Morgan fingerprint density at radius 1 is 1.40 bits per heavy atom. The molecule has 1 fully saturated rings. The van der Waals surface area contributed by atoms with Crippen molar-refractivity contribution in [2.45, 2.75) is 45.1 Å².